The van der Waals surface area contributed by atoms with Crippen molar-refractivity contribution in [1.82, 2.24) is 5.32 Å². The van der Waals surface area contributed by atoms with E-state index in [9.17, 15) is 0 Å². The molecule has 0 saturated heterocycles. The standard InChI is InChI=1S/C13H25N/c1-14-12-7-6-10-13(11-12)8-4-2-3-5-9-13/h12,14H,2-11H2,1H3. The second-order valence-corrected chi connectivity index (χ2v) is 5.50. The zero-order chi connectivity index (χ0) is 9.86. The van der Waals surface area contributed by atoms with Crippen LogP contribution in [0.3, 0.4) is 0 Å². The molecule has 82 valence electrons. The van der Waals surface area contributed by atoms with Gasteiger partial charge in [0.1, 0.15) is 0 Å². The van der Waals surface area contributed by atoms with Gasteiger partial charge < -0.3 is 5.32 Å². The molecule has 1 N–H and O–H groups in total. The maximum atomic E-state index is 3.50. The third-order valence-corrected chi connectivity index (χ3v) is 4.51. The Morgan fingerprint density at radius 3 is 2.21 bits per heavy atom. The van der Waals surface area contributed by atoms with Crippen LogP contribution in [0.15, 0.2) is 0 Å². The van der Waals surface area contributed by atoms with Gasteiger partial charge >= 0.3 is 0 Å². The van der Waals surface area contributed by atoms with Crippen molar-refractivity contribution in [1.29, 1.82) is 0 Å². The minimum atomic E-state index is 0.752. The van der Waals surface area contributed by atoms with Gasteiger partial charge in [-0.05, 0) is 44.6 Å². The second-order valence-electron chi connectivity index (χ2n) is 5.50. The minimum absolute atomic E-state index is 0.752. The van der Waals surface area contributed by atoms with E-state index in [-0.39, 0.29) is 0 Å². The molecular formula is C13H25N. The first-order chi connectivity index (χ1) is 6.85. The van der Waals surface area contributed by atoms with Gasteiger partial charge in [-0.15, -0.1) is 0 Å². The van der Waals surface area contributed by atoms with Crippen molar-refractivity contribution in [3.8, 4) is 0 Å². The van der Waals surface area contributed by atoms with Crippen LogP contribution in [0.1, 0.15) is 64.2 Å². The Morgan fingerprint density at radius 2 is 1.57 bits per heavy atom. The Morgan fingerprint density at radius 1 is 0.929 bits per heavy atom. The highest BCUT2D eigenvalue weighted by Crippen LogP contribution is 2.46. The fraction of sp³-hybridized carbons (Fsp3) is 1.00. The van der Waals surface area contributed by atoms with E-state index in [4.69, 9.17) is 0 Å². The van der Waals surface area contributed by atoms with Crippen LogP contribution in [-0.4, -0.2) is 13.1 Å². The Balaban J connectivity index is 1.97. The Hall–Kier alpha value is -0.0400. The maximum Gasteiger partial charge on any atom is 0.00693 e. The summed E-state index contributed by atoms with van der Waals surface area (Å²) in [5.74, 6) is 0. The van der Waals surface area contributed by atoms with Crippen LogP contribution >= 0.6 is 0 Å². The quantitative estimate of drug-likeness (QED) is 0.675. The Labute approximate surface area is 88.7 Å². The lowest BCUT2D eigenvalue weighted by Gasteiger charge is -2.40. The van der Waals surface area contributed by atoms with Gasteiger partial charge in [0.15, 0.2) is 0 Å². The zero-order valence-corrected chi connectivity index (χ0v) is 9.65. The molecule has 2 aliphatic carbocycles. The summed E-state index contributed by atoms with van der Waals surface area (Å²) < 4.78 is 0. The minimum Gasteiger partial charge on any atom is -0.317 e. The van der Waals surface area contributed by atoms with Crippen LogP contribution in [0.25, 0.3) is 0 Å². The number of hydrogen-bond acceptors (Lipinski definition) is 1. The summed E-state index contributed by atoms with van der Waals surface area (Å²) in [5, 5.41) is 3.50. The molecule has 0 heterocycles. The summed E-state index contributed by atoms with van der Waals surface area (Å²) in [6.07, 6.45) is 14.9. The summed E-state index contributed by atoms with van der Waals surface area (Å²) in [4.78, 5) is 0. The molecule has 0 aromatic carbocycles. The summed E-state index contributed by atoms with van der Waals surface area (Å²) in [6.45, 7) is 0. The maximum absolute atomic E-state index is 3.50. The lowest BCUT2D eigenvalue weighted by Crippen LogP contribution is -2.37. The van der Waals surface area contributed by atoms with Gasteiger partial charge in [-0.3, -0.25) is 0 Å². The van der Waals surface area contributed by atoms with Crippen molar-refractivity contribution >= 4 is 0 Å². The van der Waals surface area contributed by atoms with E-state index in [2.05, 4.69) is 12.4 Å². The number of nitrogens with one attached hydrogen (secondary N) is 1. The van der Waals surface area contributed by atoms with Gasteiger partial charge in [-0.2, -0.15) is 0 Å². The molecule has 2 saturated carbocycles. The SMILES string of the molecule is CNC1CCCC2(CCCCCC2)C1. The van der Waals surface area contributed by atoms with Crippen LogP contribution in [0.4, 0.5) is 0 Å². The van der Waals surface area contributed by atoms with E-state index in [1.807, 2.05) is 0 Å². The average molecular weight is 195 g/mol. The average Bonchev–Trinajstić information content (AvgIpc) is 2.44. The molecule has 0 bridgehead atoms. The monoisotopic (exact) mass is 195 g/mol. The van der Waals surface area contributed by atoms with Crippen LogP contribution in [-0.2, 0) is 0 Å². The molecule has 1 unspecified atom stereocenters. The normalized spacial score (nSPS) is 32.8. The molecule has 1 heteroatoms. The summed E-state index contributed by atoms with van der Waals surface area (Å²) in [7, 11) is 2.14. The van der Waals surface area contributed by atoms with Crippen molar-refractivity contribution in [2.75, 3.05) is 7.05 Å². The van der Waals surface area contributed by atoms with Crippen LogP contribution in [0.2, 0.25) is 0 Å². The van der Waals surface area contributed by atoms with Crippen molar-refractivity contribution in [2.24, 2.45) is 5.41 Å². The fourth-order valence-corrected chi connectivity index (χ4v) is 3.63. The summed E-state index contributed by atoms with van der Waals surface area (Å²) >= 11 is 0. The summed E-state index contributed by atoms with van der Waals surface area (Å²) in [6, 6.07) is 0.821. The van der Waals surface area contributed by atoms with Crippen LogP contribution in [0.5, 0.6) is 0 Å². The van der Waals surface area contributed by atoms with E-state index in [0.29, 0.717) is 0 Å². The topological polar surface area (TPSA) is 12.0 Å². The molecule has 1 nitrogen and oxygen atoms in total. The lowest BCUT2D eigenvalue weighted by atomic mass is 9.67. The molecule has 0 aromatic rings. The van der Waals surface area contributed by atoms with Crippen LogP contribution in [0, 0.1) is 5.41 Å². The molecule has 14 heavy (non-hydrogen) atoms. The third kappa shape index (κ3) is 2.31. The molecule has 2 aliphatic rings. The van der Waals surface area contributed by atoms with Crippen molar-refractivity contribution in [3.05, 3.63) is 0 Å². The fourth-order valence-electron chi connectivity index (χ4n) is 3.63. The second kappa shape index (κ2) is 4.65. The van der Waals surface area contributed by atoms with E-state index in [0.717, 1.165) is 11.5 Å². The van der Waals surface area contributed by atoms with Gasteiger partial charge in [0.2, 0.25) is 0 Å². The Kier molecular flexibility index (Phi) is 3.48. The first-order valence-electron chi connectivity index (χ1n) is 6.52. The number of hydrogen-bond donors (Lipinski definition) is 1. The zero-order valence-electron chi connectivity index (χ0n) is 9.65. The molecule has 2 fully saturated rings. The van der Waals surface area contributed by atoms with Crippen LogP contribution < -0.4 is 5.32 Å². The van der Waals surface area contributed by atoms with E-state index < -0.39 is 0 Å². The largest absolute Gasteiger partial charge is 0.317 e. The molecule has 0 aliphatic heterocycles. The van der Waals surface area contributed by atoms with E-state index in [1.165, 1.54) is 64.2 Å². The van der Waals surface area contributed by atoms with Crippen molar-refractivity contribution in [2.45, 2.75) is 70.3 Å². The third-order valence-electron chi connectivity index (χ3n) is 4.51. The predicted octanol–water partition coefficient (Wildman–Crippen LogP) is 3.49. The molecule has 1 spiro atoms. The van der Waals surface area contributed by atoms with Crippen molar-refractivity contribution < 1.29 is 0 Å². The van der Waals surface area contributed by atoms with Crippen molar-refractivity contribution in [3.63, 3.8) is 0 Å². The molecule has 0 amide bonds. The highest BCUT2D eigenvalue weighted by molar-refractivity contribution is 4.89. The molecule has 2 rings (SSSR count). The predicted molar refractivity (Wildman–Crippen MR) is 61.5 cm³/mol. The van der Waals surface area contributed by atoms with Gasteiger partial charge in [-0.1, -0.05) is 32.1 Å². The molecular weight excluding hydrogens is 170 g/mol. The number of rotatable bonds is 1. The van der Waals surface area contributed by atoms with E-state index >= 15 is 0 Å². The molecule has 0 aromatic heterocycles. The lowest BCUT2D eigenvalue weighted by molar-refractivity contribution is 0.134. The molecule has 0 radical (unpaired) electrons. The van der Waals surface area contributed by atoms with E-state index in [1.54, 1.807) is 0 Å². The Bertz CT molecular complexity index is 168. The highest BCUT2D eigenvalue weighted by atomic mass is 14.9. The first-order valence-corrected chi connectivity index (χ1v) is 6.52. The van der Waals surface area contributed by atoms with Gasteiger partial charge in [0.25, 0.3) is 0 Å². The van der Waals surface area contributed by atoms with Gasteiger partial charge in [0.05, 0.1) is 0 Å². The van der Waals surface area contributed by atoms with Gasteiger partial charge in [-0.25, -0.2) is 0 Å². The van der Waals surface area contributed by atoms with Gasteiger partial charge in [0, 0.05) is 6.04 Å². The summed E-state index contributed by atoms with van der Waals surface area (Å²) in [5.41, 5.74) is 0.752. The molecule has 1 atom stereocenters. The first kappa shape index (κ1) is 10.5. The highest BCUT2D eigenvalue weighted by Gasteiger charge is 2.35. The smallest absolute Gasteiger partial charge is 0.00693 e.